The van der Waals surface area contributed by atoms with Crippen molar-refractivity contribution in [2.75, 3.05) is 11.9 Å². The van der Waals surface area contributed by atoms with Crippen LogP contribution in [-0.2, 0) is 11.3 Å². The Morgan fingerprint density at radius 2 is 2.44 bits per heavy atom. The first-order valence-corrected chi connectivity index (χ1v) is 6.48. The Morgan fingerprint density at radius 1 is 1.61 bits per heavy atom. The number of aryl methyl sites for hydroxylation is 1. The number of thiophene rings is 1. The van der Waals surface area contributed by atoms with Crippen molar-refractivity contribution in [1.29, 1.82) is 0 Å². The van der Waals surface area contributed by atoms with Gasteiger partial charge in [-0.2, -0.15) is 4.98 Å². The molecule has 0 aliphatic rings. The van der Waals surface area contributed by atoms with Gasteiger partial charge in [-0.05, 0) is 30.9 Å². The van der Waals surface area contributed by atoms with Gasteiger partial charge in [-0.1, -0.05) is 0 Å². The number of nitrogens with zero attached hydrogens (tertiary/aromatic N) is 1. The molecule has 18 heavy (non-hydrogen) atoms. The Morgan fingerprint density at radius 3 is 3.11 bits per heavy atom. The molecule has 0 unspecified atom stereocenters. The van der Waals surface area contributed by atoms with Crippen molar-refractivity contribution in [2.24, 2.45) is 0 Å². The summed E-state index contributed by atoms with van der Waals surface area (Å²) in [7, 11) is 0. The van der Waals surface area contributed by atoms with Crippen molar-refractivity contribution in [1.82, 2.24) is 4.98 Å². The number of hydrogen-bond acceptors (Lipinski definition) is 6. The normalized spacial score (nSPS) is 10.3. The van der Waals surface area contributed by atoms with Crippen molar-refractivity contribution in [3.05, 3.63) is 33.8 Å². The van der Waals surface area contributed by atoms with E-state index in [0.717, 1.165) is 0 Å². The fraction of sp³-hybridized carbons (Fsp3) is 0.333. The summed E-state index contributed by atoms with van der Waals surface area (Å²) >= 11 is 1.67. The number of nitrogens with one attached hydrogen (secondary N) is 1. The van der Waals surface area contributed by atoms with E-state index in [1.54, 1.807) is 18.3 Å². The smallest absolute Gasteiger partial charge is 0.360 e. The zero-order valence-electron chi connectivity index (χ0n) is 10.2. The molecule has 6 heteroatoms. The van der Waals surface area contributed by atoms with Crippen LogP contribution in [0.5, 0.6) is 0 Å². The molecule has 0 aliphatic heterocycles. The van der Waals surface area contributed by atoms with Crippen molar-refractivity contribution in [3.8, 4) is 0 Å². The zero-order chi connectivity index (χ0) is 13.0. The minimum Gasteiger partial charge on any atom is -0.461 e. The molecule has 96 valence electrons. The average Bonchev–Trinajstić information content (AvgIpc) is 2.96. The molecule has 0 saturated carbocycles. The fourth-order valence-electron chi connectivity index (χ4n) is 1.39. The Labute approximate surface area is 109 Å². The van der Waals surface area contributed by atoms with Crippen LogP contribution in [0.2, 0.25) is 0 Å². The van der Waals surface area contributed by atoms with Gasteiger partial charge in [0.05, 0.1) is 13.2 Å². The average molecular weight is 266 g/mol. The molecular weight excluding hydrogens is 252 g/mol. The molecule has 2 aromatic rings. The van der Waals surface area contributed by atoms with Gasteiger partial charge in [0.25, 0.3) is 6.01 Å². The summed E-state index contributed by atoms with van der Waals surface area (Å²) in [4.78, 5) is 16.6. The first-order valence-electron chi connectivity index (χ1n) is 5.60. The quantitative estimate of drug-likeness (QED) is 0.843. The molecule has 0 radical (unpaired) electrons. The maximum absolute atomic E-state index is 11.4. The molecule has 0 atom stereocenters. The number of rotatable bonds is 5. The second-order valence-corrected chi connectivity index (χ2v) is 4.64. The SMILES string of the molecule is CCOC(=O)c1coc(NCc2sccc2C)n1. The van der Waals surface area contributed by atoms with E-state index in [1.165, 1.54) is 16.7 Å². The summed E-state index contributed by atoms with van der Waals surface area (Å²) in [6.45, 7) is 4.75. The van der Waals surface area contributed by atoms with Gasteiger partial charge >= 0.3 is 5.97 Å². The van der Waals surface area contributed by atoms with Crippen molar-refractivity contribution in [2.45, 2.75) is 20.4 Å². The number of ether oxygens (including phenoxy) is 1. The molecule has 0 amide bonds. The van der Waals surface area contributed by atoms with Gasteiger partial charge in [0.2, 0.25) is 0 Å². The second-order valence-electron chi connectivity index (χ2n) is 3.64. The lowest BCUT2D eigenvalue weighted by Crippen LogP contribution is -2.05. The molecular formula is C12H14N2O3S. The topological polar surface area (TPSA) is 64.4 Å². The van der Waals surface area contributed by atoms with Crippen molar-refractivity contribution in [3.63, 3.8) is 0 Å². The zero-order valence-corrected chi connectivity index (χ0v) is 11.0. The molecule has 0 fully saturated rings. The molecule has 2 aromatic heterocycles. The van der Waals surface area contributed by atoms with Crippen LogP contribution in [-0.4, -0.2) is 17.6 Å². The molecule has 0 aromatic carbocycles. The summed E-state index contributed by atoms with van der Waals surface area (Å²) < 4.78 is 9.98. The summed E-state index contributed by atoms with van der Waals surface area (Å²) in [5.41, 5.74) is 1.41. The Kier molecular flexibility index (Phi) is 3.99. The molecule has 5 nitrogen and oxygen atoms in total. The predicted octanol–water partition coefficient (Wildman–Crippen LogP) is 2.83. The number of esters is 1. The molecule has 0 spiro atoms. The van der Waals surface area contributed by atoms with Gasteiger partial charge in [-0.15, -0.1) is 11.3 Å². The monoisotopic (exact) mass is 266 g/mol. The highest BCUT2D eigenvalue weighted by atomic mass is 32.1. The van der Waals surface area contributed by atoms with Crippen LogP contribution in [0.25, 0.3) is 0 Å². The van der Waals surface area contributed by atoms with E-state index in [2.05, 4.69) is 16.4 Å². The first kappa shape index (κ1) is 12.6. The van der Waals surface area contributed by atoms with Gasteiger partial charge < -0.3 is 14.5 Å². The number of aromatic nitrogens is 1. The van der Waals surface area contributed by atoms with Crippen molar-refractivity contribution >= 4 is 23.3 Å². The third-order valence-corrected chi connectivity index (χ3v) is 3.38. The number of hydrogen-bond donors (Lipinski definition) is 1. The first-order chi connectivity index (χ1) is 8.70. The maximum atomic E-state index is 11.4. The third-order valence-electron chi connectivity index (χ3n) is 2.36. The lowest BCUT2D eigenvalue weighted by atomic mass is 10.3. The van der Waals surface area contributed by atoms with Gasteiger partial charge in [-0.25, -0.2) is 4.79 Å². The van der Waals surface area contributed by atoms with Crippen LogP contribution in [0.3, 0.4) is 0 Å². The number of carbonyl (C=O) groups is 1. The fourth-order valence-corrected chi connectivity index (χ4v) is 2.24. The molecule has 2 rings (SSSR count). The number of carbonyl (C=O) groups excluding carboxylic acids is 1. The highest BCUT2D eigenvalue weighted by molar-refractivity contribution is 7.10. The van der Waals surface area contributed by atoms with E-state index in [9.17, 15) is 4.79 Å². The number of oxazole rings is 1. The summed E-state index contributed by atoms with van der Waals surface area (Å²) in [5, 5.41) is 5.06. The van der Waals surface area contributed by atoms with Gasteiger partial charge in [0, 0.05) is 4.88 Å². The second kappa shape index (κ2) is 5.68. The van der Waals surface area contributed by atoms with Crippen molar-refractivity contribution < 1.29 is 13.9 Å². The van der Waals surface area contributed by atoms with E-state index in [0.29, 0.717) is 19.2 Å². The lowest BCUT2D eigenvalue weighted by Gasteiger charge is -2.00. The largest absolute Gasteiger partial charge is 0.461 e. The van der Waals surface area contributed by atoms with Gasteiger partial charge in [-0.3, -0.25) is 0 Å². The highest BCUT2D eigenvalue weighted by Crippen LogP contribution is 2.17. The minimum atomic E-state index is -0.471. The molecule has 0 saturated heterocycles. The van der Waals surface area contributed by atoms with E-state index in [4.69, 9.17) is 9.15 Å². The van der Waals surface area contributed by atoms with E-state index in [1.807, 2.05) is 12.3 Å². The van der Waals surface area contributed by atoms with Crippen LogP contribution in [0.4, 0.5) is 6.01 Å². The highest BCUT2D eigenvalue weighted by Gasteiger charge is 2.13. The van der Waals surface area contributed by atoms with Crippen LogP contribution in [0.15, 0.2) is 22.1 Å². The van der Waals surface area contributed by atoms with Crippen LogP contribution < -0.4 is 5.32 Å². The molecule has 0 bridgehead atoms. The molecule has 2 heterocycles. The predicted molar refractivity (Wildman–Crippen MR) is 68.8 cm³/mol. The standard InChI is InChI=1S/C12H14N2O3S/c1-3-16-11(15)9-7-17-12(14-9)13-6-10-8(2)4-5-18-10/h4-5,7H,3,6H2,1-2H3,(H,13,14). The summed E-state index contributed by atoms with van der Waals surface area (Å²) in [5.74, 6) is -0.471. The van der Waals surface area contributed by atoms with Crippen LogP contribution in [0, 0.1) is 6.92 Å². The lowest BCUT2D eigenvalue weighted by molar-refractivity contribution is 0.0519. The third kappa shape index (κ3) is 2.89. The van der Waals surface area contributed by atoms with Gasteiger partial charge in [0.15, 0.2) is 5.69 Å². The molecule has 0 aliphatic carbocycles. The van der Waals surface area contributed by atoms with E-state index in [-0.39, 0.29) is 5.69 Å². The van der Waals surface area contributed by atoms with Crippen LogP contribution >= 0.6 is 11.3 Å². The summed E-state index contributed by atoms with van der Waals surface area (Å²) in [6, 6.07) is 2.38. The minimum absolute atomic E-state index is 0.183. The Balaban J connectivity index is 1.95. The Hall–Kier alpha value is -1.82. The maximum Gasteiger partial charge on any atom is 0.360 e. The Bertz CT molecular complexity index is 533. The van der Waals surface area contributed by atoms with Gasteiger partial charge in [0.1, 0.15) is 6.26 Å². The summed E-state index contributed by atoms with van der Waals surface area (Å²) in [6.07, 6.45) is 1.29. The van der Waals surface area contributed by atoms with Crippen LogP contribution in [0.1, 0.15) is 27.9 Å². The molecule has 1 N–H and O–H groups in total. The van der Waals surface area contributed by atoms with E-state index < -0.39 is 5.97 Å². The van der Waals surface area contributed by atoms with E-state index >= 15 is 0 Å². The number of anilines is 1.